The van der Waals surface area contributed by atoms with Gasteiger partial charge in [-0.3, -0.25) is 25.2 Å². The first-order valence-electron chi connectivity index (χ1n) is 9.18. The standard InChI is InChI=1S/C21H24N2O7/c1-27-17-11-10-15(13-18(17)28-2)21(26)23-22-19(24)14-30-20(25)9-6-12-29-16-7-4-3-5-8-16/h3-5,7-8,10-11,13H,6,9,12,14H2,1-2H3,(H,22,24)(H,23,26). The van der Waals surface area contributed by atoms with Gasteiger partial charge in [0.05, 0.1) is 20.8 Å². The highest BCUT2D eigenvalue weighted by molar-refractivity contribution is 5.96. The van der Waals surface area contributed by atoms with Gasteiger partial charge < -0.3 is 18.9 Å². The molecule has 0 atom stereocenters. The molecule has 0 aliphatic carbocycles. The van der Waals surface area contributed by atoms with Crippen LogP contribution in [0.5, 0.6) is 17.2 Å². The number of esters is 1. The van der Waals surface area contributed by atoms with Crippen molar-refractivity contribution in [3.05, 3.63) is 54.1 Å². The molecule has 2 aromatic rings. The smallest absolute Gasteiger partial charge is 0.306 e. The van der Waals surface area contributed by atoms with Gasteiger partial charge in [-0.2, -0.15) is 0 Å². The Morgan fingerprint density at radius 1 is 0.900 bits per heavy atom. The van der Waals surface area contributed by atoms with E-state index in [1.165, 1.54) is 26.4 Å². The van der Waals surface area contributed by atoms with Gasteiger partial charge in [0.2, 0.25) is 0 Å². The van der Waals surface area contributed by atoms with Crippen molar-refractivity contribution in [1.29, 1.82) is 0 Å². The zero-order chi connectivity index (χ0) is 21.8. The molecule has 0 bridgehead atoms. The van der Waals surface area contributed by atoms with Crippen LogP contribution in [0.3, 0.4) is 0 Å². The maximum atomic E-state index is 12.1. The lowest BCUT2D eigenvalue weighted by Crippen LogP contribution is -2.43. The number of carbonyl (C=O) groups is 3. The molecule has 0 aliphatic heterocycles. The molecule has 0 aliphatic rings. The van der Waals surface area contributed by atoms with Gasteiger partial charge in [-0.05, 0) is 36.8 Å². The van der Waals surface area contributed by atoms with E-state index in [9.17, 15) is 14.4 Å². The maximum Gasteiger partial charge on any atom is 0.306 e. The second-order valence-electron chi connectivity index (χ2n) is 6.00. The van der Waals surface area contributed by atoms with Crippen LogP contribution in [0, 0.1) is 0 Å². The van der Waals surface area contributed by atoms with Crippen LogP contribution in [0.2, 0.25) is 0 Å². The average Bonchev–Trinajstić information content (AvgIpc) is 2.79. The summed E-state index contributed by atoms with van der Waals surface area (Å²) in [6.45, 7) is -0.155. The number of ether oxygens (including phenoxy) is 4. The number of amides is 2. The Labute approximate surface area is 174 Å². The fourth-order valence-corrected chi connectivity index (χ4v) is 2.35. The van der Waals surface area contributed by atoms with Crippen LogP contribution in [-0.4, -0.2) is 45.2 Å². The largest absolute Gasteiger partial charge is 0.494 e. The second kappa shape index (κ2) is 11.9. The normalized spacial score (nSPS) is 9.93. The van der Waals surface area contributed by atoms with Crippen molar-refractivity contribution in [2.75, 3.05) is 27.4 Å². The quantitative estimate of drug-likeness (QED) is 0.345. The summed E-state index contributed by atoms with van der Waals surface area (Å²) in [7, 11) is 2.93. The molecule has 0 heterocycles. The van der Waals surface area contributed by atoms with E-state index in [4.69, 9.17) is 18.9 Å². The van der Waals surface area contributed by atoms with E-state index in [1.54, 1.807) is 6.07 Å². The van der Waals surface area contributed by atoms with E-state index < -0.39 is 24.4 Å². The van der Waals surface area contributed by atoms with Crippen LogP contribution >= 0.6 is 0 Å². The molecule has 2 N–H and O–H groups in total. The Balaban J connectivity index is 1.64. The van der Waals surface area contributed by atoms with Gasteiger partial charge in [0, 0.05) is 12.0 Å². The van der Waals surface area contributed by atoms with Gasteiger partial charge in [0.25, 0.3) is 11.8 Å². The highest BCUT2D eigenvalue weighted by Crippen LogP contribution is 2.27. The van der Waals surface area contributed by atoms with Gasteiger partial charge in [0.15, 0.2) is 18.1 Å². The molecule has 2 aromatic carbocycles. The third-order valence-electron chi connectivity index (χ3n) is 3.86. The van der Waals surface area contributed by atoms with Crippen LogP contribution in [-0.2, 0) is 14.3 Å². The topological polar surface area (TPSA) is 112 Å². The highest BCUT2D eigenvalue weighted by Gasteiger charge is 2.12. The Kier molecular flexibility index (Phi) is 8.98. The second-order valence-corrected chi connectivity index (χ2v) is 6.00. The predicted octanol–water partition coefficient (Wildman–Crippen LogP) is 1.87. The molecule has 160 valence electrons. The van der Waals surface area contributed by atoms with Crippen molar-refractivity contribution in [3.8, 4) is 17.2 Å². The summed E-state index contributed by atoms with van der Waals surface area (Å²) in [6.07, 6.45) is 0.559. The first kappa shape index (κ1) is 22.5. The van der Waals surface area contributed by atoms with E-state index in [-0.39, 0.29) is 12.0 Å². The predicted molar refractivity (Wildman–Crippen MR) is 107 cm³/mol. The van der Waals surface area contributed by atoms with Crippen LogP contribution < -0.4 is 25.1 Å². The number of methoxy groups -OCH3 is 2. The number of hydrogen-bond donors (Lipinski definition) is 2. The number of hydrogen-bond acceptors (Lipinski definition) is 7. The first-order valence-corrected chi connectivity index (χ1v) is 9.18. The summed E-state index contributed by atoms with van der Waals surface area (Å²) in [5, 5.41) is 0. The molecule has 2 rings (SSSR count). The summed E-state index contributed by atoms with van der Waals surface area (Å²) in [4.78, 5) is 35.5. The van der Waals surface area contributed by atoms with Crippen LogP contribution in [0.1, 0.15) is 23.2 Å². The molecular formula is C21H24N2O7. The van der Waals surface area contributed by atoms with E-state index in [0.29, 0.717) is 24.5 Å². The SMILES string of the molecule is COc1ccc(C(=O)NNC(=O)COC(=O)CCCOc2ccccc2)cc1OC. The molecule has 30 heavy (non-hydrogen) atoms. The van der Waals surface area contributed by atoms with Crippen molar-refractivity contribution in [3.63, 3.8) is 0 Å². The Bertz CT molecular complexity index is 856. The minimum absolute atomic E-state index is 0.109. The monoisotopic (exact) mass is 416 g/mol. The van der Waals surface area contributed by atoms with Gasteiger partial charge in [-0.15, -0.1) is 0 Å². The third-order valence-corrected chi connectivity index (χ3v) is 3.86. The molecule has 0 saturated heterocycles. The fraction of sp³-hybridized carbons (Fsp3) is 0.286. The lowest BCUT2D eigenvalue weighted by Gasteiger charge is -2.11. The summed E-state index contributed by atoms with van der Waals surface area (Å²) < 4.78 is 20.6. The molecular weight excluding hydrogens is 392 g/mol. The molecule has 0 fully saturated rings. The molecule has 2 amide bonds. The van der Waals surface area contributed by atoms with Crippen LogP contribution in [0.25, 0.3) is 0 Å². The van der Waals surface area contributed by atoms with E-state index in [0.717, 1.165) is 5.75 Å². The zero-order valence-electron chi connectivity index (χ0n) is 16.8. The zero-order valence-corrected chi connectivity index (χ0v) is 16.8. The molecule has 0 radical (unpaired) electrons. The number of benzene rings is 2. The molecule has 0 unspecified atom stereocenters. The number of hydrazine groups is 1. The molecule has 9 heteroatoms. The summed E-state index contributed by atoms with van der Waals surface area (Å²) in [5.41, 5.74) is 4.67. The van der Waals surface area contributed by atoms with Crippen molar-refractivity contribution < 1.29 is 33.3 Å². The van der Waals surface area contributed by atoms with Crippen LogP contribution in [0.15, 0.2) is 48.5 Å². The Morgan fingerprint density at radius 3 is 2.33 bits per heavy atom. The Hall–Kier alpha value is -3.75. The molecule has 0 saturated carbocycles. The lowest BCUT2D eigenvalue weighted by molar-refractivity contribution is -0.148. The third kappa shape index (κ3) is 7.34. The number of nitrogens with one attached hydrogen (secondary N) is 2. The van der Waals surface area contributed by atoms with Crippen molar-refractivity contribution in [1.82, 2.24) is 10.9 Å². The summed E-state index contributed by atoms with van der Waals surface area (Å²) in [5.74, 6) is -0.198. The minimum Gasteiger partial charge on any atom is -0.494 e. The van der Waals surface area contributed by atoms with E-state index in [2.05, 4.69) is 10.9 Å². The first-order chi connectivity index (χ1) is 14.5. The number of rotatable bonds is 10. The summed E-state index contributed by atoms with van der Waals surface area (Å²) in [6, 6.07) is 13.8. The van der Waals surface area contributed by atoms with Gasteiger partial charge in [0.1, 0.15) is 5.75 Å². The number of para-hydroxylation sites is 1. The van der Waals surface area contributed by atoms with Crippen LogP contribution in [0.4, 0.5) is 0 Å². The van der Waals surface area contributed by atoms with Crippen molar-refractivity contribution in [2.45, 2.75) is 12.8 Å². The molecule has 0 spiro atoms. The minimum atomic E-state index is -0.669. The number of carbonyl (C=O) groups excluding carboxylic acids is 3. The molecule has 9 nitrogen and oxygen atoms in total. The highest BCUT2D eigenvalue weighted by atomic mass is 16.5. The van der Waals surface area contributed by atoms with E-state index in [1.807, 2.05) is 30.3 Å². The average molecular weight is 416 g/mol. The summed E-state index contributed by atoms with van der Waals surface area (Å²) >= 11 is 0. The molecule has 0 aromatic heterocycles. The van der Waals surface area contributed by atoms with Crippen molar-refractivity contribution in [2.24, 2.45) is 0 Å². The van der Waals surface area contributed by atoms with E-state index >= 15 is 0 Å². The maximum absolute atomic E-state index is 12.1. The van der Waals surface area contributed by atoms with Gasteiger partial charge in [-0.1, -0.05) is 18.2 Å². The van der Waals surface area contributed by atoms with Crippen molar-refractivity contribution >= 4 is 17.8 Å². The van der Waals surface area contributed by atoms with Gasteiger partial charge in [-0.25, -0.2) is 0 Å². The Morgan fingerprint density at radius 2 is 1.63 bits per heavy atom. The lowest BCUT2D eigenvalue weighted by atomic mass is 10.2. The fourth-order valence-electron chi connectivity index (χ4n) is 2.35. The van der Waals surface area contributed by atoms with Gasteiger partial charge >= 0.3 is 5.97 Å².